The Morgan fingerprint density at radius 1 is 1.14 bits per heavy atom. The van der Waals surface area contributed by atoms with E-state index in [1.807, 2.05) is 19.2 Å². The number of hydrogen-bond donors (Lipinski definition) is 0. The van der Waals surface area contributed by atoms with Crippen LogP contribution in [0.5, 0.6) is 5.75 Å². The van der Waals surface area contributed by atoms with Crippen molar-refractivity contribution in [2.75, 3.05) is 18.6 Å². The monoisotopic (exact) mass is 383 g/mol. The van der Waals surface area contributed by atoms with Crippen LogP contribution in [0.15, 0.2) is 18.2 Å². The molecule has 2 heterocycles. The molecule has 1 fully saturated rings. The van der Waals surface area contributed by atoms with Crippen LogP contribution >= 0.6 is 0 Å². The number of anilines is 1. The van der Waals surface area contributed by atoms with Crippen LogP contribution in [0.1, 0.15) is 68.8 Å². The maximum absolute atomic E-state index is 11.8. The van der Waals surface area contributed by atoms with Crippen molar-refractivity contribution in [1.29, 1.82) is 0 Å². The number of hydrogen-bond acceptors (Lipinski definition) is 5. The Labute approximate surface area is 166 Å². The number of carbonyl (C=O) groups excluding carboxylic acids is 1. The number of benzene rings is 1. The fourth-order valence-electron chi connectivity index (χ4n) is 4.28. The minimum Gasteiger partial charge on any atom is -0.494 e. The molecule has 0 saturated heterocycles. The van der Waals surface area contributed by atoms with Crippen LogP contribution in [0, 0.1) is 0 Å². The summed E-state index contributed by atoms with van der Waals surface area (Å²) in [6.45, 7) is 0.679. The summed E-state index contributed by atoms with van der Waals surface area (Å²) in [5.41, 5.74) is 2.18. The molecule has 4 rings (SSSR count). The van der Waals surface area contributed by atoms with Gasteiger partial charge in [-0.05, 0) is 66.3 Å². The zero-order valence-electron chi connectivity index (χ0n) is 16.6. The summed E-state index contributed by atoms with van der Waals surface area (Å²) in [6, 6.07) is 6.50. The number of aromatic nitrogens is 4. The highest BCUT2D eigenvalue weighted by molar-refractivity contribution is 5.95. The van der Waals surface area contributed by atoms with E-state index in [9.17, 15) is 4.79 Å². The van der Waals surface area contributed by atoms with E-state index in [0.29, 0.717) is 19.1 Å². The highest BCUT2D eigenvalue weighted by Crippen LogP contribution is 2.30. The quantitative estimate of drug-likeness (QED) is 0.684. The van der Waals surface area contributed by atoms with E-state index in [4.69, 9.17) is 4.74 Å². The maximum Gasteiger partial charge on any atom is 0.227 e. The molecule has 1 amide bonds. The molecule has 0 N–H and O–H groups in total. The fraction of sp³-hybridized carbons (Fsp3) is 0.619. The van der Waals surface area contributed by atoms with Crippen molar-refractivity contribution in [3.8, 4) is 5.75 Å². The molecular formula is C21H29N5O2. The fourth-order valence-corrected chi connectivity index (χ4v) is 4.28. The summed E-state index contributed by atoms with van der Waals surface area (Å²) < 4.78 is 8.00. The first-order valence-electron chi connectivity index (χ1n) is 10.5. The predicted octanol–water partition coefficient (Wildman–Crippen LogP) is 3.49. The van der Waals surface area contributed by atoms with Gasteiger partial charge in [0.25, 0.3) is 0 Å². The van der Waals surface area contributed by atoms with E-state index >= 15 is 0 Å². The first kappa shape index (κ1) is 18.9. The van der Waals surface area contributed by atoms with Crippen LogP contribution in [-0.4, -0.2) is 39.8 Å². The number of fused-ring (bicyclic) bond motifs is 1. The number of ether oxygens (including phenoxy) is 1. The smallest absolute Gasteiger partial charge is 0.227 e. The van der Waals surface area contributed by atoms with Gasteiger partial charge < -0.3 is 9.64 Å². The third kappa shape index (κ3) is 4.18. The zero-order chi connectivity index (χ0) is 19.3. The third-order valence-electron chi connectivity index (χ3n) is 5.94. The molecule has 1 aliphatic carbocycles. The van der Waals surface area contributed by atoms with Crippen molar-refractivity contribution >= 4 is 11.6 Å². The van der Waals surface area contributed by atoms with Crippen molar-refractivity contribution < 1.29 is 9.53 Å². The lowest BCUT2D eigenvalue weighted by Crippen LogP contribution is -2.30. The first-order chi connectivity index (χ1) is 13.7. The number of rotatable bonds is 7. The van der Waals surface area contributed by atoms with Gasteiger partial charge in [0.05, 0.1) is 12.6 Å². The highest BCUT2D eigenvalue weighted by Gasteiger charge is 2.21. The molecule has 2 aromatic rings. The highest BCUT2D eigenvalue weighted by atomic mass is 16.5. The molecule has 1 saturated carbocycles. The second-order valence-electron chi connectivity index (χ2n) is 7.88. The molecule has 1 aromatic heterocycles. The Kier molecular flexibility index (Phi) is 5.88. The number of carbonyl (C=O) groups is 1. The Morgan fingerprint density at radius 3 is 2.86 bits per heavy atom. The predicted molar refractivity (Wildman–Crippen MR) is 107 cm³/mol. The average molecular weight is 383 g/mol. The molecule has 0 bridgehead atoms. The molecule has 150 valence electrons. The number of tetrazole rings is 1. The summed E-state index contributed by atoms with van der Waals surface area (Å²) in [5, 5.41) is 12.4. The van der Waals surface area contributed by atoms with Gasteiger partial charge in [0.2, 0.25) is 5.91 Å². The standard InChI is InChI=1S/C21H29N5O2/c1-25-19-12-11-18(15-16(19)10-13-21(25)27)28-14-6-5-9-20-22-23-24-26(20)17-7-3-2-4-8-17/h11-12,15,17H,2-10,13-14H2,1H3. The van der Waals surface area contributed by atoms with Gasteiger partial charge >= 0.3 is 0 Å². The lowest BCUT2D eigenvalue weighted by molar-refractivity contribution is -0.118. The molecule has 7 nitrogen and oxygen atoms in total. The SMILES string of the molecule is CN1C(=O)CCc2cc(OCCCCc3nnnn3C3CCCCC3)ccc21. The largest absolute Gasteiger partial charge is 0.494 e. The van der Waals surface area contributed by atoms with Crippen molar-refractivity contribution in [2.24, 2.45) is 0 Å². The third-order valence-corrected chi connectivity index (χ3v) is 5.94. The first-order valence-corrected chi connectivity index (χ1v) is 10.5. The van der Waals surface area contributed by atoms with Crippen molar-refractivity contribution in [3.05, 3.63) is 29.6 Å². The van der Waals surface area contributed by atoms with Crippen LogP contribution in [0.4, 0.5) is 5.69 Å². The maximum atomic E-state index is 11.8. The summed E-state index contributed by atoms with van der Waals surface area (Å²) in [6.07, 6.45) is 10.5. The van der Waals surface area contributed by atoms with Crippen LogP contribution in [0.3, 0.4) is 0 Å². The van der Waals surface area contributed by atoms with E-state index in [1.165, 1.54) is 37.7 Å². The van der Waals surface area contributed by atoms with Crippen LogP contribution in [-0.2, 0) is 17.6 Å². The van der Waals surface area contributed by atoms with Crippen LogP contribution < -0.4 is 9.64 Å². The summed E-state index contributed by atoms with van der Waals surface area (Å²) in [4.78, 5) is 13.5. The number of nitrogens with zero attached hydrogens (tertiary/aromatic N) is 5. The van der Waals surface area contributed by atoms with Gasteiger partial charge in [0, 0.05) is 25.6 Å². The number of unbranched alkanes of at least 4 members (excludes halogenated alkanes) is 1. The van der Waals surface area contributed by atoms with Crippen LogP contribution in [0.25, 0.3) is 0 Å². The Bertz CT molecular complexity index is 813. The van der Waals surface area contributed by atoms with Gasteiger partial charge in [-0.2, -0.15) is 0 Å². The van der Waals surface area contributed by atoms with E-state index in [-0.39, 0.29) is 5.91 Å². The van der Waals surface area contributed by atoms with Gasteiger partial charge in [-0.15, -0.1) is 5.10 Å². The van der Waals surface area contributed by atoms with E-state index < -0.39 is 0 Å². The van der Waals surface area contributed by atoms with Crippen molar-refractivity contribution in [3.63, 3.8) is 0 Å². The van der Waals surface area contributed by atoms with E-state index in [2.05, 4.69) is 26.3 Å². The lowest BCUT2D eigenvalue weighted by atomic mass is 9.95. The Balaban J connectivity index is 1.24. The minimum absolute atomic E-state index is 0.178. The van der Waals surface area contributed by atoms with Crippen molar-refractivity contribution in [1.82, 2.24) is 20.2 Å². The van der Waals surface area contributed by atoms with Crippen LogP contribution in [0.2, 0.25) is 0 Å². The lowest BCUT2D eigenvalue weighted by Gasteiger charge is -2.26. The topological polar surface area (TPSA) is 73.1 Å². The molecule has 0 atom stereocenters. The van der Waals surface area contributed by atoms with Gasteiger partial charge in [-0.25, -0.2) is 4.68 Å². The number of amides is 1. The molecule has 1 aromatic carbocycles. The molecular weight excluding hydrogens is 354 g/mol. The zero-order valence-corrected chi connectivity index (χ0v) is 16.6. The Morgan fingerprint density at radius 2 is 2.00 bits per heavy atom. The van der Waals surface area contributed by atoms with Gasteiger partial charge in [0.1, 0.15) is 5.75 Å². The second kappa shape index (κ2) is 8.71. The second-order valence-corrected chi connectivity index (χ2v) is 7.88. The van der Waals surface area contributed by atoms with E-state index in [1.54, 1.807) is 4.90 Å². The average Bonchev–Trinajstić information content (AvgIpc) is 3.20. The molecule has 0 spiro atoms. The molecule has 0 radical (unpaired) electrons. The normalized spacial score (nSPS) is 17.6. The minimum atomic E-state index is 0.178. The molecule has 0 unspecified atom stereocenters. The Hall–Kier alpha value is -2.44. The summed E-state index contributed by atoms with van der Waals surface area (Å²) in [5.74, 6) is 2.07. The molecule has 28 heavy (non-hydrogen) atoms. The summed E-state index contributed by atoms with van der Waals surface area (Å²) >= 11 is 0. The molecule has 1 aliphatic heterocycles. The number of aryl methyl sites for hydroxylation is 2. The summed E-state index contributed by atoms with van der Waals surface area (Å²) in [7, 11) is 1.84. The van der Waals surface area contributed by atoms with E-state index in [0.717, 1.165) is 42.9 Å². The van der Waals surface area contributed by atoms with Gasteiger partial charge in [-0.1, -0.05) is 19.3 Å². The van der Waals surface area contributed by atoms with Gasteiger partial charge in [-0.3, -0.25) is 4.79 Å². The van der Waals surface area contributed by atoms with Crippen molar-refractivity contribution in [2.45, 2.75) is 70.3 Å². The molecule has 2 aliphatic rings. The van der Waals surface area contributed by atoms with Gasteiger partial charge in [0.15, 0.2) is 5.82 Å². The molecule has 7 heteroatoms.